The number of amides is 1. The van der Waals surface area contributed by atoms with Crippen LogP contribution in [-0.4, -0.2) is 11.4 Å². The molecule has 0 aromatic heterocycles. The Kier molecular flexibility index (Phi) is 4.26. The van der Waals surface area contributed by atoms with E-state index in [1.807, 2.05) is 31.2 Å². The lowest BCUT2D eigenvalue weighted by Crippen LogP contribution is -2.49. The first-order valence-electron chi connectivity index (χ1n) is 6.79. The van der Waals surface area contributed by atoms with Gasteiger partial charge < -0.3 is 11.1 Å². The van der Waals surface area contributed by atoms with Crippen molar-refractivity contribution in [3.8, 4) is 0 Å². The summed E-state index contributed by atoms with van der Waals surface area (Å²) in [4.78, 5) is 11.9. The second kappa shape index (κ2) is 5.95. The van der Waals surface area contributed by atoms with E-state index in [0.29, 0.717) is 6.42 Å². The standard InChI is InChI=1S/C17H19FN2O/c1-12-6-3-4-9-15(12)20-17(2,16(19)21)11-13-7-5-8-14(18)10-13/h3-10,20H,11H2,1-2H3,(H2,19,21). The molecule has 2 aromatic rings. The lowest BCUT2D eigenvalue weighted by Gasteiger charge is -2.29. The summed E-state index contributed by atoms with van der Waals surface area (Å²) in [5.41, 5.74) is 7.15. The van der Waals surface area contributed by atoms with Gasteiger partial charge >= 0.3 is 0 Å². The second-order valence-corrected chi connectivity index (χ2v) is 5.44. The number of hydrogen-bond donors (Lipinski definition) is 2. The van der Waals surface area contributed by atoms with Crippen LogP contribution in [-0.2, 0) is 11.2 Å². The number of nitrogens with one attached hydrogen (secondary N) is 1. The molecule has 0 aliphatic heterocycles. The van der Waals surface area contributed by atoms with E-state index in [4.69, 9.17) is 5.73 Å². The van der Waals surface area contributed by atoms with E-state index in [1.165, 1.54) is 12.1 Å². The van der Waals surface area contributed by atoms with Gasteiger partial charge in [-0.2, -0.15) is 0 Å². The normalized spacial score (nSPS) is 13.5. The maximum absolute atomic E-state index is 13.3. The number of nitrogens with two attached hydrogens (primary N) is 1. The Labute approximate surface area is 124 Å². The van der Waals surface area contributed by atoms with Crippen LogP contribution in [0.25, 0.3) is 0 Å². The number of anilines is 1. The molecule has 0 fully saturated rings. The highest BCUT2D eigenvalue weighted by Crippen LogP contribution is 2.23. The molecule has 110 valence electrons. The van der Waals surface area contributed by atoms with Gasteiger partial charge in [0, 0.05) is 12.1 Å². The van der Waals surface area contributed by atoms with Crippen LogP contribution in [0.4, 0.5) is 10.1 Å². The molecule has 0 aliphatic rings. The summed E-state index contributed by atoms with van der Waals surface area (Å²) in [5, 5.41) is 3.19. The molecule has 0 bridgehead atoms. The number of hydrogen-bond acceptors (Lipinski definition) is 2. The molecule has 0 heterocycles. The van der Waals surface area contributed by atoms with Crippen molar-refractivity contribution in [1.29, 1.82) is 0 Å². The highest BCUT2D eigenvalue weighted by atomic mass is 19.1. The summed E-state index contributed by atoms with van der Waals surface area (Å²) in [6.07, 6.45) is 0.314. The van der Waals surface area contributed by atoms with E-state index in [2.05, 4.69) is 5.32 Å². The number of para-hydroxylation sites is 1. The van der Waals surface area contributed by atoms with Gasteiger partial charge in [0.05, 0.1) is 0 Å². The fourth-order valence-electron chi connectivity index (χ4n) is 2.26. The van der Waals surface area contributed by atoms with Gasteiger partial charge in [-0.05, 0) is 43.2 Å². The lowest BCUT2D eigenvalue weighted by molar-refractivity contribution is -0.121. The minimum atomic E-state index is -0.986. The molecule has 0 spiro atoms. The van der Waals surface area contributed by atoms with Gasteiger partial charge in [-0.3, -0.25) is 4.79 Å². The number of aryl methyl sites for hydroxylation is 1. The molecule has 1 amide bonds. The molecule has 21 heavy (non-hydrogen) atoms. The average Bonchev–Trinajstić information content (AvgIpc) is 2.41. The van der Waals surface area contributed by atoms with Crippen LogP contribution < -0.4 is 11.1 Å². The molecule has 3 nitrogen and oxygen atoms in total. The van der Waals surface area contributed by atoms with Gasteiger partial charge in [0.25, 0.3) is 0 Å². The van der Waals surface area contributed by atoms with E-state index in [9.17, 15) is 9.18 Å². The van der Waals surface area contributed by atoms with E-state index in [0.717, 1.165) is 16.8 Å². The average molecular weight is 286 g/mol. The molecule has 0 radical (unpaired) electrons. The zero-order valence-electron chi connectivity index (χ0n) is 12.2. The first-order valence-corrected chi connectivity index (χ1v) is 6.79. The number of halogens is 1. The Morgan fingerprint density at radius 1 is 1.24 bits per heavy atom. The molecule has 2 aromatic carbocycles. The van der Waals surface area contributed by atoms with Crippen LogP contribution in [0.3, 0.4) is 0 Å². The van der Waals surface area contributed by atoms with Gasteiger partial charge in [-0.25, -0.2) is 4.39 Å². The molecule has 3 N–H and O–H groups in total. The predicted octanol–water partition coefficient (Wildman–Crippen LogP) is 3.03. The molecular weight excluding hydrogens is 267 g/mol. The Balaban J connectivity index is 2.29. The minimum absolute atomic E-state index is 0.314. The summed E-state index contributed by atoms with van der Waals surface area (Å²) in [6, 6.07) is 13.9. The molecule has 1 unspecified atom stereocenters. The van der Waals surface area contributed by atoms with E-state index in [1.54, 1.807) is 19.1 Å². The van der Waals surface area contributed by atoms with Gasteiger partial charge in [0.2, 0.25) is 5.91 Å². The highest BCUT2D eigenvalue weighted by Gasteiger charge is 2.31. The summed E-state index contributed by atoms with van der Waals surface area (Å²) in [6.45, 7) is 3.68. The summed E-state index contributed by atoms with van der Waals surface area (Å²) in [7, 11) is 0. The third-order valence-corrected chi connectivity index (χ3v) is 3.55. The van der Waals surface area contributed by atoms with Crippen molar-refractivity contribution in [2.24, 2.45) is 5.73 Å². The predicted molar refractivity (Wildman–Crippen MR) is 82.5 cm³/mol. The van der Waals surface area contributed by atoms with Gasteiger partial charge in [-0.15, -0.1) is 0 Å². The molecule has 0 saturated carbocycles. The third-order valence-electron chi connectivity index (χ3n) is 3.55. The zero-order valence-corrected chi connectivity index (χ0v) is 12.2. The highest BCUT2D eigenvalue weighted by molar-refractivity contribution is 5.88. The van der Waals surface area contributed by atoms with Gasteiger partial charge in [-0.1, -0.05) is 30.3 Å². The summed E-state index contributed by atoms with van der Waals surface area (Å²) in [5.74, 6) is -0.801. The van der Waals surface area contributed by atoms with E-state index < -0.39 is 11.4 Å². The quantitative estimate of drug-likeness (QED) is 0.887. The Morgan fingerprint density at radius 2 is 1.95 bits per heavy atom. The van der Waals surface area contributed by atoms with E-state index >= 15 is 0 Å². The Morgan fingerprint density at radius 3 is 2.57 bits per heavy atom. The third kappa shape index (κ3) is 3.60. The van der Waals surface area contributed by atoms with Gasteiger partial charge in [0.1, 0.15) is 11.4 Å². The molecule has 2 rings (SSSR count). The van der Waals surface area contributed by atoms with Crippen molar-refractivity contribution in [1.82, 2.24) is 0 Å². The summed E-state index contributed by atoms with van der Waals surface area (Å²) < 4.78 is 13.3. The minimum Gasteiger partial charge on any atom is -0.371 e. The van der Waals surface area contributed by atoms with Crippen LogP contribution in [0, 0.1) is 12.7 Å². The number of carbonyl (C=O) groups excluding carboxylic acids is 1. The molecule has 1 atom stereocenters. The zero-order chi connectivity index (χ0) is 15.5. The fourth-order valence-corrected chi connectivity index (χ4v) is 2.26. The van der Waals surface area contributed by atoms with E-state index in [-0.39, 0.29) is 5.82 Å². The largest absolute Gasteiger partial charge is 0.371 e. The molecule has 0 saturated heterocycles. The number of benzene rings is 2. The van der Waals surface area contributed by atoms with Crippen molar-refractivity contribution in [2.75, 3.05) is 5.32 Å². The molecule has 0 aliphatic carbocycles. The first-order chi connectivity index (χ1) is 9.90. The van der Waals surface area contributed by atoms with Crippen molar-refractivity contribution < 1.29 is 9.18 Å². The van der Waals surface area contributed by atoms with Crippen LogP contribution >= 0.6 is 0 Å². The molecule has 4 heteroatoms. The van der Waals surface area contributed by atoms with Crippen molar-refractivity contribution >= 4 is 11.6 Å². The maximum Gasteiger partial charge on any atom is 0.243 e. The van der Waals surface area contributed by atoms with Crippen molar-refractivity contribution in [2.45, 2.75) is 25.8 Å². The lowest BCUT2D eigenvalue weighted by atomic mass is 9.91. The Hall–Kier alpha value is -2.36. The maximum atomic E-state index is 13.3. The van der Waals surface area contributed by atoms with Crippen LogP contribution in [0.2, 0.25) is 0 Å². The van der Waals surface area contributed by atoms with Gasteiger partial charge in [0.15, 0.2) is 0 Å². The van der Waals surface area contributed by atoms with Crippen molar-refractivity contribution in [3.63, 3.8) is 0 Å². The number of rotatable bonds is 5. The van der Waals surface area contributed by atoms with Crippen LogP contribution in [0.5, 0.6) is 0 Å². The first kappa shape index (κ1) is 15.0. The fraction of sp³-hybridized carbons (Fsp3) is 0.235. The topological polar surface area (TPSA) is 55.1 Å². The second-order valence-electron chi connectivity index (χ2n) is 5.44. The smallest absolute Gasteiger partial charge is 0.243 e. The SMILES string of the molecule is Cc1ccccc1NC(C)(Cc1cccc(F)c1)C(N)=O. The van der Waals surface area contributed by atoms with Crippen LogP contribution in [0.1, 0.15) is 18.1 Å². The van der Waals surface area contributed by atoms with Crippen LogP contribution in [0.15, 0.2) is 48.5 Å². The Bertz CT molecular complexity index is 657. The summed E-state index contributed by atoms with van der Waals surface area (Å²) >= 11 is 0. The number of primary amides is 1. The van der Waals surface area contributed by atoms with Crippen molar-refractivity contribution in [3.05, 3.63) is 65.5 Å². The number of carbonyl (C=O) groups is 1. The monoisotopic (exact) mass is 286 g/mol. The molecular formula is C17H19FN2O.